The molecule has 0 fully saturated rings. The van der Waals surface area contributed by atoms with Crippen LogP contribution >= 0.6 is 0 Å². The highest BCUT2D eigenvalue weighted by Crippen LogP contribution is 2.42. The van der Waals surface area contributed by atoms with E-state index >= 15 is 0 Å². The highest BCUT2D eigenvalue weighted by molar-refractivity contribution is 6.26. The second kappa shape index (κ2) is 11.9. The first kappa shape index (κ1) is 29.5. The van der Waals surface area contributed by atoms with Crippen molar-refractivity contribution in [2.75, 3.05) is 0 Å². The Labute approximate surface area is 299 Å². The van der Waals surface area contributed by atoms with Crippen molar-refractivity contribution in [3.8, 4) is 51.6 Å². The number of fused-ring (bicyclic) bond motifs is 7. The third kappa shape index (κ3) is 4.68. The van der Waals surface area contributed by atoms with Gasteiger partial charge in [-0.05, 0) is 78.9 Å². The smallest absolute Gasteiger partial charge is 0.164 e. The lowest BCUT2D eigenvalue weighted by Crippen LogP contribution is -2.00. The number of para-hydroxylation sites is 3. The lowest BCUT2D eigenvalue weighted by atomic mass is 10.1. The maximum atomic E-state index is 9.35. The first-order valence-electron chi connectivity index (χ1n) is 17.2. The molecule has 0 aliphatic carbocycles. The van der Waals surface area contributed by atoms with Crippen LogP contribution < -0.4 is 0 Å². The Balaban J connectivity index is 1.18. The summed E-state index contributed by atoms with van der Waals surface area (Å²) in [5.74, 6) is 1.72. The zero-order valence-corrected chi connectivity index (χ0v) is 27.8. The van der Waals surface area contributed by atoms with Crippen LogP contribution in [0.25, 0.3) is 89.2 Å². The standard InChI is InChI=1S/C46H28N6/c47-29-30-19-21-32(22-20-30)45-48-44(31-11-3-1-4-12-31)49-46(50-45)33-23-25-35(26-24-33)52-39-17-9-7-15-36(39)37-27-28-41-42(43(37)52)38-16-8-10-18-40(38)51(41)34-13-5-2-6-14-34/h1-28H. The van der Waals surface area contributed by atoms with Crippen LogP contribution in [-0.4, -0.2) is 24.1 Å². The van der Waals surface area contributed by atoms with Crippen LogP contribution in [0.2, 0.25) is 0 Å². The van der Waals surface area contributed by atoms with Gasteiger partial charge in [0.2, 0.25) is 0 Å². The Morgan fingerprint density at radius 2 is 0.885 bits per heavy atom. The summed E-state index contributed by atoms with van der Waals surface area (Å²) in [6.07, 6.45) is 0. The van der Waals surface area contributed by atoms with Crippen molar-refractivity contribution < 1.29 is 0 Å². The van der Waals surface area contributed by atoms with Gasteiger partial charge in [-0.3, -0.25) is 0 Å². The summed E-state index contributed by atoms with van der Waals surface area (Å²) >= 11 is 0. The molecule has 6 nitrogen and oxygen atoms in total. The number of hydrogen-bond donors (Lipinski definition) is 0. The Morgan fingerprint density at radius 1 is 0.385 bits per heavy atom. The maximum absolute atomic E-state index is 9.35. The summed E-state index contributed by atoms with van der Waals surface area (Å²) in [6, 6.07) is 60.4. The normalized spacial score (nSPS) is 11.4. The lowest BCUT2D eigenvalue weighted by Gasteiger charge is -2.12. The molecule has 242 valence electrons. The molecular weight excluding hydrogens is 637 g/mol. The van der Waals surface area contributed by atoms with Crippen LogP contribution in [0.15, 0.2) is 170 Å². The Kier molecular flexibility index (Phi) is 6.76. The van der Waals surface area contributed by atoms with Crippen LogP contribution in [-0.2, 0) is 0 Å². The van der Waals surface area contributed by atoms with Crippen molar-refractivity contribution in [1.29, 1.82) is 5.26 Å². The number of nitrogens with zero attached hydrogens (tertiary/aromatic N) is 6. The molecular formula is C46H28N6. The molecule has 0 radical (unpaired) electrons. The van der Waals surface area contributed by atoms with E-state index in [-0.39, 0.29) is 0 Å². The molecule has 52 heavy (non-hydrogen) atoms. The molecule has 10 rings (SSSR count). The zero-order chi connectivity index (χ0) is 34.6. The van der Waals surface area contributed by atoms with Gasteiger partial charge in [-0.2, -0.15) is 5.26 Å². The SMILES string of the molecule is N#Cc1ccc(-c2nc(-c3ccccc3)nc(-c3ccc(-n4c5ccccc5c5ccc6c(c7ccccc7n6-c6ccccc6)c54)cc3)n2)cc1. The van der Waals surface area contributed by atoms with Gasteiger partial charge in [0.25, 0.3) is 0 Å². The van der Waals surface area contributed by atoms with Crippen molar-refractivity contribution in [2.45, 2.75) is 0 Å². The molecule has 0 saturated carbocycles. The monoisotopic (exact) mass is 664 g/mol. The predicted octanol–water partition coefficient (Wildman–Crippen LogP) is 10.9. The van der Waals surface area contributed by atoms with Crippen molar-refractivity contribution in [2.24, 2.45) is 0 Å². The van der Waals surface area contributed by atoms with E-state index in [9.17, 15) is 5.26 Å². The molecule has 0 aliphatic rings. The van der Waals surface area contributed by atoms with E-state index in [1.165, 1.54) is 32.6 Å². The first-order valence-corrected chi connectivity index (χ1v) is 17.2. The van der Waals surface area contributed by atoms with Gasteiger partial charge in [0.15, 0.2) is 17.5 Å². The largest absolute Gasteiger partial charge is 0.309 e. The zero-order valence-electron chi connectivity index (χ0n) is 27.8. The van der Waals surface area contributed by atoms with E-state index in [0.717, 1.165) is 39.1 Å². The molecule has 0 amide bonds. The van der Waals surface area contributed by atoms with Gasteiger partial charge in [-0.25, -0.2) is 15.0 Å². The number of benzene rings is 7. The fourth-order valence-electron chi connectivity index (χ4n) is 7.44. The van der Waals surface area contributed by atoms with Gasteiger partial charge >= 0.3 is 0 Å². The first-order chi connectivity index (χ1) is 25.7. The van der Waals surface area contributed by atoms with Crippen molar-refractivity contribution >= 4 is 43.6 Å². The number of nitriles is 1. The van der Waals surface area contributed by atoms with E-state index in [1.807, 2.05) is 42.5 Å². The predicted molar refractivity (Wildman–Crippen MR) is 210 cm³/mol. The third-order valence-corrected chi connectivity index (χ3v) is 9.81. The van der Waals surface area contributed by atoms with E-state index in [0.29, 0.717) is 23.0 Å². The number of hydrogen-bond acceptors (Lipinski definition) is 4. The van der Waals surface area contributed by atoms with Gasteiger partial charge in [0, 0.05) is 49.6 Å². The summed E-state index contributed by atoms with van der Waals surface area (Å²) in [6.45, 7) is 0. The number of rotatable bonds is 5. The summed E-state index contributed by atoms with van der Waals surface area (Å²) in [7, 11) is 0. The van der Waals surface area contributed by atoms with E-state index < -0.39 is 0 Å². The minimum absolute atomic E-state index is 0.553. The molecule has 6 heteroatoms. The number of aromatic nitrogens is 5. The van der Waals surface area contributed by atoms with Crippen LogP contribution in [0.5, 0.6) is 0 Å². The molecule has 3 aromatic heterocycles. The summed E-state index contributed by atoms with van der Waals surface area (Å²) in [5, 5.41) is 14.2. The molecule has 10 aromatic rings. The summed E-state index contributed by atoms with van der Waals surface area (Å²) in [5.41, 5.74) is 10.0. The third-order valence-electron chi connectivity index (χ3n) is 9.81. The molecule has 0 unspecified atom stereocenters. The maximum Gasteiger partial charge on any atom is 0.164 e. The van der Waals surface area contributed by atoms with Gasteiger partial charge in [-0.15, -0.1) is 0 Å². The second-order valence-electron chi connectivity index (χ2n) is 12.8. The van der Waals surface area contributed by atoms with E-state index in [4.69, 9.17) is 15.0 Å². The van der Waals surface area contributed by atoms with Crippen molar-refractivity contribution in [1.82, 2.24) is 24.1 Å². The second-order valence-corrected chi connectivity index (χ2v) is 12.8. The van der Waals surface area contributed by atoms with Gasteiger partial charge in [0.1, 0.15) is 0 Å². The molecule has 3 heterocycles. The van der Waals surface area contributed by atoms with E-state index in [1.54, 1.807) is 12.1 Å². The van der Waals surface area contributed by atoms with Gasteiger partial charge in [-0.1, -0.05) is 91.0 Å². The van der Waals surface area contributed by atoms with Crippen LogP contribution in [0.3, 0.4) is 0 Å². The fourth-order valence-corrected chi connectivity index (χ4v) is 7.44. The highest BCUT2D eigenvalue weighted by atomic mass is 15.0. The minimum Gasteiger partial charge on any atom is -0.309 e. The van der Waals surface area contributed by atoms with Crippen LogP contribution in [0.4, 0.5) is 0 Å². The molecule has 0 spiro atoms. The Morgan fingerprint density at radius 3 is 1.52 bits per heavy atom. The summed E-state index contributed by atoms with van der Waals surface area (Å²) in [4.78, 5) is 14.7. The fraction of sp³-hybridized carbons (Fsp3) is 0. The van der Waals surface area contributed by atoms with E-state index in [2.05, 4.69) is 130 Å². The van der Waals surface area contributed by atoms with Crippen molar-refractivity contribution in [3.63, 3.8) is 0 Å². The summed E-state index contributed by atoms with van der Waals surface area (Å²) < 4.78 is 4.76. The Bertz CT molecular complexity index is 2990. The average molecular weight is 665 g/mol. The molecule has 7 aromatic carbocycles. The average Bonchev–Trinajstić information content (AvgIpc) is 3.74. The molecule has 0 bridgehead atoms. The highest BCUT2D eigenvalue weighted by Gasteiger charge is 2.21. The van der Waals surface area contributed by atoms with Crippen molar-refractivity contribution in [3.05, 3.63) is 175 Å². The minimum atomic E-state index is 0.553. The quantitative estimate of drug-likeness (QED) is 0.184. The Hall–Kier alpha value is -7.36. The van der Waals surface area contributed by atoms with Gasteiger partial charge < -0.3 is 9.13 Å². The molecule has 0 aliphatic heterocycles. The van der Waals surface area contributed by atoms with Crippen LogP contribution in [0, 0.1) is 11.3 Å². The molecule has 0 saturated heterocycles. The van der Waals surface area contributed by atoms with Crippen LogP contribution in [0.1, 0.15) is 5.56 Å². The molecule has 0 N–H and O–H groups in total. The van der Waals surface area contributed by atoms with Gasteiger partial charge in [0.05, 0.1) is 33.7 Å². The lowest BCUT2D eigenvalue weighted by molar-refractivity contribution is 1.07. The topological polar surface area (TPSA) is 72.3 Å². The molecule has 0 atom stereocenters.